The van der Waals surface area contributed by atoms with E-state index in [9.17, 15) is 4.39 Å². The van der Waals surface area contributed by atoms with Gasteiger partial charge in [0.2, 0.25) is 0 Å². The number of nitrogens with one attached hydrogen (secondary N) is 2. The Balaban J connectivity index is 1.35. The summed E-state index contributed by atoms with van der Waals surface area (Å²) in [6.45, 7) is 3.91. The molecule has 1 saturated heterocycles. The van der Waals surface area contributed by atoms with Gasteiger partial charge in [-0.3, -0.25) is 5.10 Å². The lowest BCUT2D eigenvalue weighted by atomic mass is 10.1. The molecule has 0 bridgehead atoms. The van der Waals surface area contributed by atoms with E-state index in [-0.39, 0.29) is 5.82 Å². The quantitative estimate of drug-likeness (QED) is 0.693. The van der Waals surface area contributed by atoms with Crippen molar-refractivity contribution < 1.29 is 13.9 Å². The van der Waals surface area contributed by atoms with Crippen molar-refractivity contribution in [1.29, 1.82) is 0 Å². The van der Waals surface area contributed by atoms with Gasteiger partial charge in [-0.15, -0.1) is 0 Å². The molecular formula is C18H24FN3O2. The van der Waals surface area contributed by atoms with E-state index in [2.05, 4.69) is 15.5 Å². The Kier molecular flexibility index (Phi) is 6.34. The number of nitrogens with zero attached hydrogens (tertiary/aromatic N) is 1. The first-order valence-corrected chi connectivity index (χ1v) is 8.51. The zero-order valence-electron chi connectivity index (χ0n) is 13.8. The summed E-state index contributed by atoms with van der Waals surface area (Å²) >= 11 is 0. The summed E-state index contributed by atoms with van der Waals surface area (Å²) in [6, 6.07) is 6.42. The number of hydrogen-bond donors (Lipinski definition) is 2. The van der Waals surface area contributed by atoms with Crippen LogP contribution in [0.4, 0.5) is 4.39 Å². The smallest absolute Gasteiger partial charge is 0.123 e. The number of benzene rings is 1. The lowest BCUT2D eigenvalue weighted by Gasteiger charge is -2.10. The van der Waals surface area contributed by atoms with E-state index in [1.54, 1.807) is 18.3 Å². The second-order valence-electron chi connectivity index (χ2n) is 6.02. The van der Waals surface area contributed by atoms with Crippen LogP contribution in [0.15, 0.2) is 30.5 Å². The Labute approximate surface area is 141 Å². The largest absolute Gasteiger partial charge is 0.379 e. The highest BCUT2D eigenvalue weighted by Gasteiger charge is 2.14. The standard InChI is InChI=1S/C18H24FN3O2/c19-16-6-4-14(5-7-16)18-15(12-21-22-18)11-20-8-2-9-23-13-17-3-1-10-24-17/h4-7,12,17,20H,1-3,8-11,13H2,(H,21,22)/t17-/m0/s1. The van der Waals surface area contributed by atoms with Gasteiger partial charge < -0.3 is 14.8 Å². The molecule has 0 aliphatic carbocycles. The van der Waals surface area contributed by atoms with Gasteiger partial charge >= 0.3 is 0 Å². The Bertz CT molecular complexity index is 609. The van der Waals surface area contributed by atoms with Crippen molar-refractivity contribution in [1.82, 2.24) is 15.5 Å². The highest BCUT2D eigenvalue weighted by Crippen LogP contribution is 2.21. The topological polar surface area (TPSA) is 59.2 Å². The minimum Gasteiger partial charge on any atom is -0.379 e. The Morgan fingerprint density at radius 2 is 2.21 bits per heavy atom. The number of halogens is 1. The molecule has 1 aromatic carbocycles. The zero-order chi connectivity index (χ0) is 16.6. The lowest BCUT2D eigenvalue weighted by molar-refractivity contribution is 0.0166. The SMILES string of the molecule is Fc1ccc(-c2[nH]ncc2CNCCCOC[C@@H]2CCCO2)cc1. The molecule has 0 saturated carbocycles. The highest BCUT2D eigenvalue weighted by molar-refractivity contribution is 5.62. The molecule has 1 aliphatic heterocycles. The van der Waals surface area contributed by atoms with Gasteiger partial charge in [0.1, 0.15) is 5.82 Å². The van der Waals surface area contributed by atoms with Crippen molar-refractivity contribution in [3.8, 4) is 11.3 Å². The van der Waals surface area contributed by atoms with Crippen LogP contribution in [0.5, 0.6) is 0 Å². The van der Waals surface area contributed by atoms with Crippen LogP contribution in [0.3, 0.4) is 0 Å². The molecule has 5 nitrogen and oxygen atoms in total. The van der Waals surface area contributed by atoms with Gasteiger partial charge in [-0.05, 0) is 50.1 Å². The van der Waals surface area contributed by atoms with E-state index in [1.807, 2.05) is 0 Å². The van der Waals surface area contributed by atoms with Crippen LogP contribution < -0.4 is 5.32 Å². The molecule has 0 radical (unpaired) electrons. The molecule has 0 unspecified atom stereocenters. The highest BCUT2D eigenvalue weighted by atomic mass is 19.1. The maximum absolute atomic E-state index is 13.0. The number of aromatic amines is 1. The maximum Gasteiger partial charge on any atom is 0.123 e. The summed E-state index contributed by atoms with van der Waals surface area (Å²) in [6.07, 6.45) is 5.32. The van der Waals surface area contributed by atoms with E-state index >= 15 is 0 Å². The average Bonchev–Trinajstić information content (AvgIpc) is 3.26. The number of ether oxygens (including phenoxy) is 2. The fourth-order valence-electron chi connectivity index (χ4n) is 2.82. The van der Waals surface area contributed by atoms with Crippen LogP contribution >= 0.6 is 0 Å². The van der Waals surface area contributed by atoms with Gasteiger partial charge in [-0.1, -0.05) is 0 Å². The molecule has 130 valence electrons. The Morgan fingerprint density at radius 1 is 1.33 bits per heavy atom. The molecule has 1 fully saturated rings. The van der Waals surface area contributed by atoms with Crippen molar-refractivity contribution in [2.75, 3.05) is 26.4 Å². The first kappa shape index (κ1) is 17.1. The Hall–Kier alpha value is -1.76. The normalized spacial score (nSPS) is 17.5. The molecule has 1 atom stereocenters. The summed E-state index contributed by atoms with van der Waals surface area (Å²) in [5.74, 6) is -0.235. The van der Waals surface area contributed by atoms with Crippen molar-refractivity contribution in [2.45, 2.75) is 31.9 Å². The fraction of sp³-hybridized carbons (Fsp3) is 0.500. The van der Waals surface area contributed by atoms with Gasteiger partial charge in [0.25, 0.3) is 0 Å². The third kappa shape index (κ3) is 4.87. The van der Waals surface area contributed by atoms with Crippen molar-refractivity contribution >= 4 is 0 Å². The van der Waals surface area contributed by atoms with Crippen LogP contribution in [0, 0.1) is 5.82 Å². The number of H-pyrrole nitrogens is 1. The number of hydrogen-bond acceptors (Lipinski definition) is 4. The first-order chi connectivity index (χ1) is 11.8. The predicted octanol–water partition coefficient (Wildman–Crippen LogP) is 2.89. The molecule has 2 aromatic rings. The molecule has 6 heteroatoms. The lowest BCUT2D eigenvalue weighted by Crippen LogP contribution is -2.19. The van der Waals surface area contributed by atoms with Gasteiger partial charge in [-0.2, -0.15) is 5.10 Å². The molecule has 24 heavy (non-hydrogen) atoms. The summed E-state index contributed by atoms with van der Waals surface area (Å²) in [7, 11) is 0. The van der Waals surface area contributed by atoms with Gasteiger partial charge in [0.15, 0.2) is 0 Å². The molecule has 3 rings (SSSR count). The molecule has 1 aromatic heterocycles. The van der Waals surface area contributed by atoms with E-state index < -0.39 is 0 Å². The van der Waals surface area contributed by atoms with Crippen LogP contribution in [0.1, 0.15) is 24.8 Å². The minimum absolute atomic E-state index is 0.235. The number of aromatic nitrogens is 2. The molecule has 0 spiro atoms. The Morgan fingerprint density at radius 3 is 3.00 bits per heavy atom. The van der Waals surface area contributed by atoms with Crippen LogP contribution in [0.2, 0.25) is 0 Å². The van der Waals surface area contributed by atoms with Gasteiger partial charge in [0, 0.05) is 30.9 Å². The van der Waals surface area contributed by atoms with E-state index in [0.717, 1.165) is 62.4 Å². The molecule has 0 amide bonds. The van der Waals surface area contributed by atoms with E-state index in [4.69, 9.17) is 9.47 Å². The van der Waals surface area contributed by atoms with Crippen molar-refractivity contribution in [2.24, 2.45) is 0 Å². The van der Waals surface area contributed by atoms with Crippen LogP contribution in [0.25, 0.3) is 11.3 Å². The first-order valence-electron chi connectivity index (χ1n) is 8.51. The zero-order valence-corrected chi connectivity index (χ0v) is 13.8. The summed E-state index contributed by atoms with van der Waals surface area (Å²) in [4.78, 5) is 0. The van der Waals surface area contributed by atoms with E-state index in [1.165, 1.54) is 12.1 Å². The van der Waals surface area contributed by atoms with Crippen LogP contribution in [-0.4, -0.2) is 42.7 Å². The molecule has 2 N–H and O–H groups in total. The third-order valence-corrected chi connectivity index (χ3v) is 4.14. The van der Waals surface area contributed by atoms with Crippen LogP contribution in [-0.2, 0) is 16.0 Å². The average molecular weight is 333 g/mol. The van der Waals surface area contributed by atoms with Gasteiger partial charge in [-0.25, -0.2) is 4.39 Å². The molecule has 2 heterocycles. The summed E-state index contributed by atoms with van der Waals surface area (Å²) in [5.41, 5.74) is 2.93. The fourth-order valence-corrected chi connectivity index (χ4v) is 2.82. The maximum atomic E-state index is 13.0. The van der Waals surface area contributed by atoms with Gasteiger partial charge in [0.05, 0.1) is 24.6 Å². The van der Waals surface area contributed by atoms with E-state index in [0.29, 0.717) is 12.7 Å². The number of rotatable bonds is 9. The summed E-state index contributed by atoms with van der Waals surface area (Å²) in [5, 5.41) is 10.5. The second-order valence-corrected chi connectivity index (χ2v) is 6.02. The predicted molar refractivity (Wildman–Crippen MR) is 90.1 cm³/mol. The molecular weight excluding hydrogens is 309 g/mol. The summed E-state index contributed by atoms with van der Waals surface area (Å²) < 4.78 is 24.2. The third-order valence-electron chi connectivity index (χ3n) is 4.14. The minimum atomic E-state index is -0.235. The molecule has 1 aliphatic rings. The second kappa shape index (κ2) is 8.92. The van der Waals surface area contributed by atoms with Crippen molar-refractivity contribution in [3.63, 3.8) is 0 Å². The van der Waals surface area contributed by atoms with Crippen molar-refractivity contribution in [3.05, 3.63) is 41.8 Å². The monoisotopic (exact) mass is 333 g/mol.